The molecule has 3 nitrogen and oxygen atoms in total. The van der Waals surface area contributed by atoms with Crippen LogP contribution in [0.5, 0.6) is 0 Å². The van der Waals surface area contributed by atoms with Gasteiger partial charge in [-0.3, -0.25) is 4.98 Å². The lowest BCUT2D eigenvalue weighted by Gasteiger charge is -2.08. The largest absolute Gasteiger partial charge is 0.417 e. The van der Waals surface area contributed by atoms with Crippen LogP contribution in [0.1, 0.15) is 16.8 Å². The summed E-state index contributed by atoms with van der Waals surface area (Å²) in [4.78, 5) is 3.47. The molecular weight excluding hydrogens is 233 g/mol. The van der Waals surface area contributed by atoms with E-state index in [1.165, 1.54) is 6.92 Å². The van der Waals surface area contributed by atoms with Gasteiger partial charge in [-0.05, 0) is 18.6 Å². The van der Waals surface area contributed by atoms with Crippen LogP contribution in [0.15, 0.2) is 17.4 Å². The Labute approximate surface area is 88.2 Å². The number of aryl methyl sites for hydroxylation is 1. The number of hydrogen-bond donors (Lipinski definition) is 1. The van der Waals surface area contributed by atoms with Crippen molar-refractivity contribution in [3.63, 3.8) is 0 Å². The Morgan fingerprint density at radius 2 is 2.13 bits per heavy atom. The molecule has 7 heteroatoms. The number of alkyl halides is 3. The summed E-state index contributed by atoms with van der Waals surface area (Å²) in [6.45, 7) is 1.39. The van der Waals surface area contributed by atoms with E-state index in [1.54, 1.807) is 0 Å². The number of aromatic nitrogens is 1. The zero-order valence-corrected chi connectivity index (χ0v) is 8.26. The number of pyridine rings is 1. The number of oxime groups is 1. The summed E-state index contributed by atoms with van der Waals surface area (Å²) in [6.07, 6.45) is -3.81. The molecule has 0 bridgehead atoms. The van der Waals surface area contributed by atoms with Crippen LogP contribution in [0.25, 0.3) is 0 Å². The van der Waals surface area contributed by atoms with Crippen molar-refractivity contribution in [1.82, 2.24) is 4.98 Å². The molecule has 1 aromatic rings. The summed E-state index contributed by atoms with van der Waals surface area (Å²) in [5.74, 6) is 0. The fraction of sp³-hybridized carbons (Fsp3) is 0.250. The molecule has 0 spiro atoms. The van der Waals surface area contributed by atoms with E-state index in [9.17, 15) is 13.2 Å². The van der Waals surface area contributed by atoms with E-state index in [0.29, 0.717) is 6.20 Å². The number of rotatable bonds is 1. The van der Waals surface area contributed by atoms with Crippen molar-refractivity contribution in [2.45, 2.75) is 13.1 Å². The van der Waals surface area contributed by atoms with Crippen LogP contribution >= 0.6 is 11.6 Å². The predicted octanol–water partition coefficient (Wildman–Crippen LogP) is 2.78. The lowest BCUT2D eigenvalue weighted by atomic mass is 10.1. The van der Waals surface area contributed by atoms with Gasteiger partial charge in [0.1, 0.15) is 5.69 Å². The molecule has 0 aliphatic carbocycles. The van der Waals surface area contributed by atoms with Crippen molar-refractivity contribution in [3.05, 3.63) is 29.1 Å². The third kappa shape index (κ3) is 2.59. The quantitative estimate of drug-likeness (QED) is 0.465. The molecule has 0 saturated carbocycles. The second kappa shape index (κ2) is 4.06. The highest BCUT2D eigenvalue weighted by molar-refractivity contribution is 6.69. The zero-order chi connectivity index (χ0) is 11.6. The van der Waals surface area contributed by atoms with E-state index in [4.69, 9.17) is 16.8 Å². The summed E-state index contributed by atoms with van der Waals surface area (Å²) < 4.78 is 36.7. The van der Waals surface area contributed by atoms with Gasteiger partial charge in [0, 0.05) is 6.20 Å². The normalized spacial score (nSPS) is 13.0. The maximum Gasteiger partial charge on any atom is 0.417 e. The maximum atomic E-state index is 12.2. The first-order valence-corrected chi connectivity index (χ1v) is 4.16. The number of nitrogens with zero attached hydrogens (tertiary/aromatic N) is 2. The second-order valence-corrected chi connectivity index (χ2v) is 3.14. The van der Waals surface area contributed by atoms with Gasteiger partial charge in [0.15, 0.2) is 5.17 Å². The minimum absolute atomic E-state index is 0.0205. The second-order valence-electron chi connectivity index (χ2n) is 2.78. The summed E-state index contributed by atoms with van der Waals surface area (Å²) >= 11 is 5.42. The highest BCUT2D eigenvalue weighted by Crippen LogP contribution is 2.29. The molecule has 15 heavy (non-hydrogen) atoms. The van der Waals surface area contributed by atoms with Crippen LogP contribution in [0.2, 0.25) is 0 Å². The van der Waals surface area contributed by atoms with E-state index in [0.717, 1.165) is 6.07 Å². The van der Waals surface area contributed by atoms with Crippen LogP contribution in [0.4, 0.5) is 13.2 Å². The molecule has 1 heterocycles. The Balaban J connectivity index is 3.21. The number of hydrogen-bond acceptors (Lipinski definition) is 3. The van der Waals surface area contributed by atoms with Gasteiger partial charge in [-0.25, -0.2) is 0 Å². The van der Waals surface area contributed by atoms with Gasteiger partial charge in [0.25, 0.3) is 0 Å². The molecule has 0 aliphatic heterocycles. The highest BCUT2D eigenvalue weighted by Gasteiger charge is 2.31. The Bertz CT molecular complexity index is 403. The minimum Gasteiger partial charge on any atom is -0.410 e. The van der Waals surface area contributed by atoms with Crippen LogP contribution in [0.3, 0.4) is 0 Å². The Morgan fingerprint density at radius 3 is 2.53 bits per heavy atom. The van der Waals surface area contributed by atoms with Crippen LogP contribution in [0, 0.1) is 6.92 Å². The molecule has 0 fully saturated rings. The number of halogens is 4. The van der Waals surface area contributed by atoms with Gasteiger partial charge in [-0.15, -0.1) is 0 Å². The molecule has 82 valence electrons. The fourth-order valence-corrected chi connectivity index (χ4v) is 1.19. The molecular formula is C8H6ClF3N2O. The Kier molecular flexibility index (Phi) is 3.18. The SMILES string of the molecule is Cc1cc(C(F)(F)F)cnc1C(Cl)=NO. The van der Waals surface area contributed by atoms with Gasteiger partial charge in [0.05, 0.1) is 5.56 Å². The van der Waals surface area contributed by atoms with Crippen molar-refractivity contribution in [3.8, 4) is 0 Å². The van der Waals surface area contributed by atoms with Crippen molar-refractivity contribution < 1.29 is 18.4 Å². The van der Waals surface area contributed by atoms with Crippen molar-refractivity contribution in [1.29, 1.82) is 0 Å². The summed E-state index contributed by atoms with van der Waals surface area (Å²) in [5.41, 5.74) is -0.661. The molecule has 0 aromatic carbocycles. The first-order valence-electron chi connectivity index (χ1n) is 3.78. The average Bonchev–Trinajstić information content (AvgIpc) is 2.15. The molecule has 0 radical (unpaired) electrons. The summed E-state index contributed by atoms with van der Waals surface area (Å²) in [6, 6.07) is 0.885. The van der Waals surface area contributed by atoms with E-state index < -0.39 is 11.7 Å². The van der Waals surface area contributed by atoms with Crippen molar-refractivity contribution in [2.24, 2.45) is 5.16 Å². The van der Waals surface area contributed by atoms with Gasteiger partial charge < -0.3 is 5.21 Å². The topological polar surface area (TPSA) is 45.5 Å². The Hall–Kier alpha value is -1.30. The first-order chi connectivity index (χ1) is 6.86. The fourth-order valence-electron chi connectivity index (χ4n) is 0.993. The summed E-state index contributed by atoms with van der Waals surface area (Å²) in [5, 5.41) is 10.6. The average molecular weight is 239 g/mol. The van der Waals surface area contributed by atoms with E-state index in [2.05, 4.69) is 10.1 Å². The maximum absolute atomic E-state index is 12.2. The minimum atomic E-state index is -4.45. The molecule has 1 rings (SSSR count). The van der Waals surface area contributed by atoms with Gasteiger partial charge in [0.2, 0.25) is 0 Å². The van der Waals surface area contributed by atoms with Gasteiger partial charge in [-0.2, -0.15) is 13.2 Å². The molecule has 1 N–H and O–H groups in total. The van der Waals surface area contributed by atoms with Crippen LogP contribution < -0.4 is 0 Å². The predicted molar refractivity (Wildman–Crippen MR) is 48.2 cm³/mol. The van der Waals surface area contributed by atoms with Crippen molar-refractivity contribution in [2.75, 3.05) is 0 Å². The Morgan fingerprint density at radius 1 is 1.53 bits per heavy atom. The molecule has 0 unspecified atom stereocenters. The third-order valence-electron chi connectivity index (χ3n) is 1.69. The molecule has 0 amide bonds. The van der Waals surface area contributed by atoms with Gasteiger partial charge in [-0.1, -0.05) is 16.8 Å². The van der Waals surface area contributed by atoms with E-state index >= 15 is 0 Å². The molecule has 0 saturated heterocycles. The smallest absolute Gasteiger partial charge is 0.410 e. The molecule has 0 atom stereocenters. The first kappa shape index (κ1) is 11.8. The van der Waals surface area contributed by atoms with Crippen LogP contribution in [-0.2, 0) is 6.18 Å². The van der Waals surface area contributed by atoms with Crippen LogP contribution in [-0.4, -0.2) is 15.4 Å². The zero-order valence-electron chi connectivity index (χ0n) is 7.51. The lowest BCUT2D eigenvalue weighted by Crippen LogP contribution is -2.08. The summed E-state index contributed by atoms with van der Waals surface area (Å²) in [7, 11) is 0. The van der Waals surface area contributed by atoms with E-state index in [-0.39, 0.29) is 16.4 Å². The monoisotopic (exact) mass is 238 g/mol. The molecule has 0 aliphatic rings. The third-order valence-corrected chi connectivity index (χ3v) is 1.94. The van der Waals surface area contributed by atoms with E-state index in [1.807, 2.05) is 0 Å². The van der Waals surface area contributed by atoms with Gasteiger partial charge >= 0.3 is 6.18 Å². The molecule has 1 aromatic heterocycles. The van der Waals surface area contributed by atoms with Crippen molar-refractivity contribution >= 4 is 16.8 Å². The highest BCUT2D eigenvalue weighted by atomic mass is 35.5. The standard InChI is InChI=1S/C8H6ClF3N2O/c1-4-2-5(8(10,11)12)3-13-6(4)7(9)14-15/h2-3,15H,1H3. The lowest BCUT2D eigenvalue weighted by molar-refractivity contribution is -0.137.